The lowest BCUT2D eigenvalue weighted by Crippen LogP contribution is -2.25. The lowest BCUT2D eigenvalue weighted by molar-refractivity contribution is 0.402. The van der Waals surface area contributed by atoms with E-state index in [1.54, 1.807) is 17.8 Å². The largest absolute Gasteiger partial charge is 0.508 e. The van der Waals surface area contributed by atoms with Gasteiger partial charge in [-0.1, -0.05) is 23.4 Å². The maximum Gasteiger partial charge on any atom is 0.117 e. The van der Waals surface area contributed by atoms with E-state index in [4.69, 9.17) is 11.6 Å². The summed E-state index contributed by atoms with van der Waals surface area (Å²) in [5.41, 5.74) is 2.17. The molecule has 3 rings (SSSR count). The zero-order valence-electron chi connectivity index (χ0n) is 12.7. The average Bonchev–Trinajstić information content (AvgIpc) is 2.47. The molecule has 5 heteroatoms. The van der Waals surface area contributed by atoms with Crippen LogP contribution in [0.1, 0.15) is 6.42 Å². The number of phenols is 1. The van der Waals surface area contributed by atoms with Crippen LogP contribution in [0.25, 0.3) is 0 Å². The van der Waals surface area contributed by atoms with Crippen molar-refractivity contribution < 1.29 is 5.11 Å². The molecule has 0 spiro atoms. The van der Waals surface area contributed by atoms with Crippen LogP contribution in [0.3, 0.4) is 0 Å². The van der Waals surface area contributed by atoms with E-state index >= 15 is 0 Å². The monoisotopic (exact) mass is 334 g/mol. The first-order chi connectivity index (χ1) is 10.5. The van der Waals surface area contributed by atoms with Crippen LogP contribution in [0.2, 0.25) is 5.02 Å². The highest BCUT2D eigenvalue weighted by Gasteiger charge is 2.23. The molecule has 22 heavy (non-hydrogen) atoms. The SMILES string of the molecule is CN(C)CCCN1c2cc(O)ccc2Sc2ccc(Cl)cc21. The molecule has 0 aliphatic carbocycles. The number of hydrogen-bond acceptors (Lipinski definition) is 4. The number of aromatic hydroxyl groups is 1. The Morgan fingerprint density at radius 3 is 2.50 bits per heavy atom. The first-order valence-electron chi connectivity index (χ1n) is 7.27. The van der Waals surface area contributed by atoms with Crippen molar-refractivity contribution in [3.05, 3.63) is 41.4 Å². The molecule has 1 aliphatic heterocycles. The van der Waals surface area contributed by atoms with Crippen LogP contribution in [0, 0.1) is 0 Å². The van der Waals surface area contributed by atoms with E-state index in [0.29, 0.717) is 5.75 Å². The first kappa shape index (κ1) is 15.5. The molecule has 0 atom stereocenters. The predicted molar refractivity (Wildman–Crippen MR) is 93.9 cm³/mol. The Bertz CT molecular complexity index is 639. The van der Waals surface area contributed by atoms with Crippen LogP contribution in [0.15, 0.2) is 46.2 Å². The zero-order valence-corrected chi connectivity index (χ0v) is 14.3. The minimum atomic E-state index is 0.294. The number of benzene rings is 2. The van der Waals surface area contributed by atoms with Crippen molar-refractivity contribution in [3.63, 3.8) is 0 Å². The zero-order chi connectivity index (χ0) is 15.7. The van der Waals surface area contributed by atoms with Crippen molar-refractivity contribution in [2.24, 2.45) is 0 Å². The number of hydrogen-bond donors (Lipinski definition) is 1. The third-order valence-electron chi connectivity index (χ3n) is 3.65. The highest BCUT2D eigenvalue weighted by molar-refractivity contribution is 7.99. The molecule has 0 unspecified atom stereocenters. The molecule has 0 bridgehead atoms. The van der Waals surface area contributed by atoms with Gasteiger partial charge in [-0.05, 0) is 57.4 Å². The van der Waals surface area contributed by atoms with Gasteiger partial charge in [-0.3, -0.25) is 0 Å². The number of fused-ring (bicyclic) bond motifs is 2. The first-order valence-corrected chi connectivity index (χ1v) is 8.47. The van der Waals surface area contributed by atoms with Crippen LogP contribution in [0.4, 0.5) is 11.4 Å². The number of halogens is 1. The van der Waals surface area contributed by atoms with E-state index in [0.717, 1.165) is 40.8 Å². The number of nitrogens with zero attached hydrogens (tertiary/aromatic N) is 2. The van der Waals surface area contributed by atoms with Crippen molar-refractivity contribution in [1.82, 2.24) is 4.90 Å². The normalized spacial score (nSPS) is 13.2. The summed E-state index contributed by atoms with van der Waals surface area (Å²) in [5.74, 6) is 0.294. The summed E-state index contributed by atoms with van der Waals surface area (Å²) in [6.07, 6.45) is 1.04. The van der Waals surface area contributed by atoms with Gasteiger partial charge in [0.05, 0.1) is 11.4 Å². The van der Waals surface area contributed by atoms with Gasteiger partial charge in [0, 0.05) is 27.4 Å². The van der Waals surface area contributed by atoms with Gasteiger partial charge in [0.1, 0.15) is 5.75 Å². The van der Waals surface area contributed by atoms with Crippen LogP contribution < -0.4 is 4.90 Å². The highest BCUT2D eigenvalue weighted by atomic mass is 35.5. The van der Waals surface area contributed by atoms with Crippen molar-refractivity contribution in [3.8, 4) is 5.75 Å². The van der Waals surface area contributed by atoms with Gasteiger partial charge in [-0.25, -0.2) is 0 Å². The van der Waals surface area contributed by atoms with Crippen LogP contribution >= 0.6 is 23.4 Å². The van der Waals surface area contributed by atoms with E-state index in [1.807, 2.05) is 24.3 Å². The van der Waals surface area contributed by atoms with E-state index in [9.17, 15) is 5.11 Å². The second-order valence-corrected chi connectivity index (χ2v) is 7.19. The Morgan fingerprint density at radius 1 is 1.09 bits per heavy atom. The molecule has 116 valence electrons. The lowest BCUT2D eigenvalue weighted by Gasteiger charge is -2.33. The van der Waals surface area contributed by atoms with Crippen molar-refractivity contribution in [2.45, 2.75) is 16.2 Å². The van der Waals surface area contributed by atoms with Gasteiger partial charge >= 0.3 is 0 Å². The average molecular weight is 335 g/mol. The second kappa shape index (κ2) is 6.41. The van der Waals surface area contributed by atoms with Crippen molar-refractivity contribution in [2.75, 3.05) is 32.1 Å². The Balaban J connectivity index is 1.98. The fraction of sp³-hybridized carbons (Fsp3) is 0.294. The maximum absolute atomic E-state index is 9.85. The summed E-state index contributed by atoms with van der Waals surface area (Å²) in [6, 6.07) is 11.6. The van der Waals surface area contributed by atoms with E-state index < -0.39 is 0 Å². The quantitative estimate of drug-likeness (QED) is 0.884. The van der Waals surface area contributed by atoms with Crippen molar-refractivity contribution >= 4 is 34.7 Å². The van der Waals surface area contributed by atoms with Gasteiger partial charge in [0.2, 0.25) is 0 Å². The standard InChI is InChI=1S/C17H19ClN2OS/c1-19(2)8-3-9-20-14-10-12(18)4-6-16(14)22-17-7-5-13(21)11-15(17)20/h4-7,10-11,21H,3,8-9H2,1-2H3. The molecule has 0 radical (unpaired) electrons. The topological polar surface area (TPSA) is 26.7 Å². The van der Waals surface area contributed by atoms with E-state index in [-0.39, 0.29) is 0 Å². The summed E-state index contributed by atoms with van der Waals surface area (Å²) >= 11 is 7.91. The molecule has 2 aromatic carbocycles. The second-order valence-electron chi connectivity index (χ2n) is 5.67. The predicted octanol–water partition coefficient (Wildman–Crippen LogP) is 4.60. The van der Waals surface area contributed by atoms with Gasteiger partial charge in [0.15, 0.2) is 0 Å². The van der Waals surface area contributed by atoms with Crippen molar-refractivity contribution in [1.29, 1.82) is 0 Å². The smallest absolute Gasteiger partial charge is 0.117 e. The number of phenolic OH excluding ortho intramolecular Hbond substituents is 1. The minimum Gasteiger partial charge on any atom is -0.508 e. The molecule has 3 nitrogen and oxygen atoms in total. The lowest BCUT2D eigenvalue weighted by atomic mass is 10.2. The molecule has 2 aromatic rings. The number of anilines is 2. The molecule has 1 heterocycles. The highest BCUT2D eigenvalue weighted by Crippen LogP contribution is 2.49. The molecule has 1 aliphatic rings. The molecule has 0 aromatic heterocycles. The summed E-state index contributed by atoms with van der Waals surface area (Å²) in [7, 11) is 4.16. The van der Waals surface area contributed by atoms with Crippen LogP contribution in [-0.4, -0.2) is 37.2 Å². The van der Waals surface area contributed by atoms with E-state index in [1.165, 1.54) is 4.90 Å². The summed E-state index contributed by atoms with van der Waals surface area (Å²) in [4.78, 5) is 6.81. The number of rotatable bonds is 4. The molecule has 0 saturated carbocycles. The molecule has 0 saturated heterocycles. The molecule has 0 fully saturated rings. The molecule has 0 amide bonds. The van der Waals surface area contributed by atoms with Crippen LogP contribution in [0.5, 0.6) is 5.75 Å². The maximum atomic E-state index is 9.85. The van der Waals surface area contributed by atoms with Gasteiger partial charge in [0.25, 0.3) is 0 Å². The Kier molecular flexibility index (Phi) is 4.52. The molecular formula is C17H19ClN2OS. The summed E-state index contributed by atoms with van der Waals surface area (Å²) in [5, 5.41) is 10.6. The molecular weight excluding hydrogens is 316 g/mol. The fourth-order valence-electron chi connectivity index (χ4n) is 2.62. The van der Waals surface area contributed by atoms with Crippen LogP contribution in [-0.2, 0) is 0 Å². The third kappa shape index (κ3) is 3.19. The van der Waals surface area contributed by atoms with Gasteiger partial charge in [-0.15, -0.1) is 0 Å². The third-order valence-corrected chi connectivity index (χ3v) is 5.02. The summed E-state index contributed by atoms with van der Waals surface area (Å²) < 4.78 is 0. The minimum absolute atomic E-state index is 0.294. The summed E-state index contributed by atoms with van der Waals surface area (Å²) in [6.45, 7) is 1.91. The van der Waals surface area contributed by atoms with E-state index in [2.05, 4.69) is 30.0 Å². The Morgan fingerprint density at radius 2 is 1.77 bits per heavy atom. The van der Waals surface area contributed by atoms with Gasteiger partial charge < -0.3 is 14.9 Å². The Hall–Kier alpha value is -1.36. The molecule has 1 N–H and O–H groups in total. The Labute approximate surface area is 140 Å². The van der Waals surface area contributed by atoms with Gasteiger partial charge in [-0.2, -0.15) is 0 Å². The fourth-order valence-corrected chi connectivity index (χ4v) is 3.85.